The number of thioether (sulfide) groups is 1. The molecule has 2 rings (SSSR count). The summed E-state index contributed by atoms with van der Waals surface area (Å²) in [5.74, 6) is 0.810. The highest BCUT2D eigenvalue weighted by atomic mass is 35.5. The molecule has 0 bridgehead atoms. The summed E-state index contributed by atoms with van der Waals surface area (Å²) in [7, 11) is 1.66. The molecule has 0 unspecified atom stereocenters. The molecule has 18 heavy (non-hydrogen) atoms. The molecule has 0 atom stereocenters. The monoisotopic (exact) mass is 277 g/mol. The maximum Gasteiger partial charge on any atom is 0.127 e. The predicted octanol–water partition coefficient (Wildman–Crippen LogP) is 4.85. The molecule has 3 heteroatoms. The molecular weight excluding hydrogens is 264 g/mol. The van der Waals surface area contributed by atoms with Crippen molar-refractivity contribution in [3.05, 3.63) is 47.0 Å². The summed E-state index contributed by atoms with van der Waals surface area (Å²) in [6, 6.07) is 13.0. The van der Waals surface area contributed by atoms with Crippen molar-refractivity contribution in [3.63, 3.8) is 0 Å². The molecule has 1 nitrogen and oxygen atoms in total. The van der Waals surface area contributed by atoms with Gasteiger partial charge in [0, 0.05) is 10.5 Å². The molecule has 0 aliphatic rings. The van der Waals surface area contributed by atoms with Crippen molar-refractivity contribution >= 4 is 23.4 Å². The van der Waals surface area contributed by atoms with Gasteiger partial charge in [0.05, 0.1) is 12.1 Å². The highest BCUT2D eigenvalue weighted by Crippen LogP contribution is 2.36. The first-order valence-electron chi connectivity index (χ1n) is 5.56. The van der Waals surface area contributed by atoms with Crippen LogP contribution < -0.4 is 4.74 Å². The minimum absolute atomic E-state index is 0.775. The van der Waals surface area contributed by atoms with Crippen molar-refractivity contribution in [1.82, 2.24) is 0 Å². The molecule has 0 aliphatic carbocycles. The van der Waals surface area contributed by atoms with Crippen LogP contribution in [0.3, 0.4) is 0 Å². The minimum Gasteiger partial charge on any atom is -0.496 e. The van der Waals surface area contributed by atoms with Crippen LogP contribution in [0.15, 0.2) is 35.2 Å². The highest BCUT2D eigenvalue weighted by Gasteiger charge is 2.10. The van der Waals surface area contributed by atoms with E-state index in [2.05, 4.69) is 19.1 Å². The Morgan fingerprint density at radius 2 is 2.11 bits per heavy atom. The highest BCUT2D eigenvalue weighted by molar-refractivity contribution is 7.98. The van der Waals surface area contributed by atoms with Gasteiger partial charge in [-0.3, -0.25) is 0 Å². The van der Waals surface area contributed by atoms with Gasteiger partial charge in [0.15, 0.2) is 0 Å². The second kappa shape index (κ2) is 5.68. The first kappa shape index (κ1) is 13.3. The lowest BCUT2D eigenvalue weighted by Crippen LogP contribution is -1.90. The van der Waals surface area contributed by atoms with Gasteiger partial charge in [-0.1, -0.05) is 29.8 Å². The van der Waals surface area contributed by atoms with Crippen LogP contribution in [-0.4, -0.2) is 13.4 Å². The van der Waals surface area contributed by atoms with E-state index in [0.29, 0.717) is 0 Å². The lowest BCUT2D eigenvalue weighted by molar-refractivity contribution is 0.416. The topological polar surface area (TPSA) is 9.23 Å². The lowest BCUT2D eigenvalue weighted by Gasteiger charge is -2.12. The van der Waals surface area contributed by atoms with Gasteiger partial charge < -0.3 is 4.74 Å². The molecule has 2 aromatic rings. The number of methoxy groups -OCH3 is 1. The molecule has 0 fully saturated rings. The summed E-state index contributed by atoms with van der Waals surface area (Å²) in [6.45, 7) is 2.07. The number of halogens is 1. The average molecular weight is 278 g/mol. The molecular formula is C15H14ClOS. The number of hydrogen-bond acceptors (Lipinski definition) is 2. The molecule has 0 saturated heterocycles. The minimum atomic E-state index is 0.775. The fourth-order valence-electron chi connectivity index (χ4n) is 1.95. The van der Waals surface area contributed by atoms with Gasteiger partial charge >= 0.3 is 0 Å². The third-order valence-electron chi connectivity index (χ3n) is 2.76. The quantitative estimate of drug-likeness (QED) is 0.742. The van der Waals surface area contributed by atoms with Crippen molar-refractivity contribution in [2.45, 2.75) is 11.8 Å². The van der Waals surface area contributed by atoms with E-state index >= 15 is 0 Å². The van der Waals surface area contributed by atoms with Crippen LogP contribution in [0, 0.1) is 13.0 Å². The molecule has 0 amide bonds. The Bertz CT molecular complexity index is 543. The molecule has 2 aromatic carbocycles. The number of aryl methyl sites for hydroxylation is 1. The molecule has 0 aromatic heterocycles. The Kier molecular flexibility index (Phi) is 4.20. The SMILES string of the molecule is COc1ccc[c]c1-c1cc(C)c(SC)c(Cl)c1. The van der Waals surface area contributed by atoms with E-state index in [0.717, 1.165) is 26.8 Å². The number of rotatable bonds is 3. The third-order valence-corrected chi connectivity index (χ3v) is 4.12. The van der Waals surface area contributed by atoms with Gasteiger partial charge in [-0.2, -0.15) is 0 Å². The molecule has 93 valence electrons. The summed E-state index contributed by atoms with van der Waals surface area (Å²) in [5.41, 5.74) is 3.15. The summed E-state index contributed by atoms with van der Waals surface area (Å²) >= 11 is 7.97. The van der Waals surface area contributed by atoms with Crippen molar-refractivity contribution in [2.24, 2.45) is 0 Å². The lowest BCUT2D eigenvalue weighted by atomic mass is 10.0. The zero-order valence-corrected chi connectivity index (χ0v) is 12.2. The van der Waals surface area contributed by atoms with Crippen molar-refractivity contribution < 1.29 is 4.74 Å². The largest absolute Gasteiger partial charge is 0.496 e. The number of hydrogen-bond donors (Lipinski definition) is 0. The summed E-state index contributed by atoms with van der Waals surface area (Å²) in [4.78, 5) is 1.12. The van der Waals surface area contributed by atoms with Crippen LogP contribution in [0.25, 0.3) is 11.1 Å². The van der Waals surface area contributed by atoms with Crippen molar-refractivity contribution in [3.8, 4) is 16.9 Å². The maximum absolute atomic E-state index is 6.30. The van der Waals surface area contributed by atoms with E-state index in [9.17, 15) is 0 Å². The summed E-state index contributed by atoms with van der Waals surface area (Å²) in [5, 5.41) is 0.775. The smallest absolute Gasteiger partial charge is 0.127 e. The summed E-state index contributed by atoms with van der Waals surface area (Å²) in [6.07, 6.45) is 2.03. The van der Waals surface area contributed by atoms with Crippen LogP contribution >= 0.6 is 23.4 Å². The molecule has 0 heterocycles. The molecule has 0 saturated carbocycles. The Morgan fingerprint density at radius 1 is 1.33 bits per heavy atom. The fourth-order valence-corrected chi connectivity index (χ4v) is 3.08. The standard InChI is InChI=1S/C15H14ClOS/c1-10-8-11(9-13(16)15(10)18-3)12-6-4-5-7-14(12)17-2/h4-5,7-9H,1-3H3. The van der Waals surface area contributed by atoms with Gasteiger partial charge in [-0.15, -0.1) is 11.8 Å². The van der Waals surface area contributed by atoms with Crippen LogP contribution in [0.1, 0.15) is 5.56 Å². The number of benzene rings is 2. The molecule has 0 spiro atoms. The second-order valence-electron chi connectivity index (χ2n) is 3.92. The van der Waals surface area contributed by atoms with E-state index in [1.54, 1.807) is 18.9 Å². The Hall–Kier alpha value is -1.12. The van der Waals surface area contributed by atoms with E-state index in [4.69, 9.17) is 16.3 Å². The Balaban J connectivity index is 2.58. The number of ether oxygens (including phenoxy) is 1. The normalized spacial score (nSPS) is 10.4. The van der Waals surface area contributed by atoms with Gasteiger partial charge in [-0.25, -0.2) is 0 Å². The van der Waals surface area contributed by atoms with E-state index < -0.39 is 0 Å². The van der Waals surface area contributed by atoms with E-state index in [-0.39, 0.29) is 0 Å². The first-order valence-corrected chi connectivity index (χ1v) is 7.17. The Labute approximate surface area is 117 Å². The fraction of sp³-hybridized carbons (Fsp3) is 0.200. The van der Waals surface area contributed by atoms with Gasteiger partial charge in [0.2, 0.25) is 0 Å². The predicted molar refractivity (Wildman–Crippen MR) is 78.8 cm³/mol. The van der Waals surface area contributed by atoms with Crippen LogP contribution in [0.2, 0.25) is 5.02 Å². The van der Waals surface area contributed by atoms with Crippen molar-refractivity contribution in [2.75, 3.05) is 13.4 Å². The summed E-state index contributed by atoms with van der Waals surface area (Å²) < 4.78 is 5.36. The van der Waals surface area contributed by atoms with Gasteiger partial charge in [0.1, 0.15) is 5.75 Å². The third kappa shape index (κ3) is 2.50. The molecule has 1 radical (unpaired) electrons. The Morgan fingerprint density at radius 3 is 2.72 bits per heavy atom. The van der Waals surface area contributed by atoms with Crippen LogP contribution in [0.5, 0.6) is 5.75 Å². The second-order valence-corrected chi connectivity index (χ2v) is 5.15. The molecule has 0 N–H and O–H groups in total. The van der Waals surface area contributed by atoms with Gasteiger partial charge in [-0.05, 0) is 42.5 Å². The maximum atomic E-state index is 6.30. The van der Waals surface area contributed by atoms with Gasteiger partial charge in [0.25, 0.3) is 0 Å². The average Bonchev–Trinajstić information content (AvgIpc) is 2.38. The van der Waals surface area contributed by atoms with Crippen molar-refractivity contribution in [1.29, 1.82) is 0 Å². The molecule has 0 aliphatic heterocycles. The first-order chi connectivity index (χ1) is 8.67. The van der Waals surface area contributed by atoms with E-state index in [1.807, 2.05) is 30.5 Å². The van der Waals surface area contributed by atoms with E-state index in [1.165, 1.54) is 5.56 Å². The van der Waals surface area contributed by atoms with Crippen LogP contribution in [0.4, 0.5) is 0 Å². The zero-order chi connectivity index (χ0) is 13.1. The van der Waals surface area contributed by atoms with Crippen LogP contribution in [-0.2, 0) is 0 Å². The zero-order valence-electron chi connectivity index (χ0n) is 10.6.